The Hall–Kier alpha value is 0.310. The predicted octanol–water partition coefficient (Wildman–Crippen LogP) is 2.18. The first kappa shape index (κ1) is 11.3. The van der Waals surface area contributed by atoms with Crippen molar-refractivity contribution in [3.05, 3.63) is 0 Å². The maximum absolute atomic E-state index is 8.48. The lowest BCUT2D eigenvalue weighted by Gasteiger charge is -2.11. The SMILES string of the molecule is CCCCCC(C)OP(O)O. The van der Waals surface area contributed by atoms with Crippen molar-refractivity contribution in [1.29, 1.82) is 0 Å². The monoisotopic (exact) mass is 180 g/mol. The molecule has 2 N–H and O–H groups in total. The van der Waals surface area contributed by atoms with Crippen molar-refractivity contribution >= 4 is 8.60 Å². The third-order valence-electron chi connectivity index (χ3n) is 1.49. The van der Waals surface area contributed by atoms with E-state index in [0.29, 0.717) is 0 Å². The fourth-order valence-electron chi connectivity index (χ4n) is 0.895. The van der Waals surface area contributed by atoms with Crippen molar-refractivity contribution in [3.63, 3.8) is 0 Å². The summed E-state index contributed by atoms with van der Waals surface area (Å²) < 4.78 is 4.77. The highest BCUT2D eigenvalue weighted by atomic mass is 31.2. The first-order valence-electron chi connectivity index (χ1n) is 4.01. The zero-order chi connectivity index (χ0) is 8.69. The van der Waals surface area contributed by atoms with Crippen LogP contribution in [-0.2, 0) is 4.52 Å². The standard InChI is InChI=1S/C7H17O3P/c1-3-4-5-6-7(2)10-11(8)9/h7-9H,3-6H2,1-2H3. The van der Waals surface area contributed by atoms with Gasteiger partial charge in [-0.05, 0) is 13.3 Å². The normalized spacial score (nSPS) is 13.9. The number of rotatable bonds is 6. The third-order valence-corrected chi connectivity index (χ3v) is 2.04. The molecule has 0 radical (unpaired) electrons. The lowest BCUT2D eigenvalue weighted by atomic mass is 10.1. The van der Waals surface area contributed by atoms with Crippen molar-refractivity contribution in [2.24, 2.45) is 0 Å². The maximum atomic E-state index is 8.48. The zero-order valence-corrected chi connectivity index (χ0v) is 8.05. The highest BCUT2D eigenvalue weighted by Crippen LogP contribution is 2.28. The summed E-state index contributed by atoms with van der Waals surface area (Å²) in [6.07, 6.45) is 4.35. The molecule has 0 rings (SSSR count). The molecule has 4 heteroatoms. The minimum atomic E-state index is -2.16. The molecule has 0 aromatic rings. The number of unbranched alkanes of at least 4 members (excludes halogenated alkanes) is 2. The van der Waals surface area contributed by atoms with Gasteiger partial charge in [-0.2, -0.15) is 0 Å². The molecule has 1 atom stereocenters. The van der Waals surface area contributed by atoms with E-state index in [1.165, 1.54) is 12.8 Å². The van der Waals surface area contributed by atoms with E-state index in [1.807, 2.05) is 6.92 Å². The molecular formula is C7H17O3P. The van der Waals surface area contributed by atoms with E-state index in [-0.39, 0.29) is 6.10 Å². The van der Waals surface area contributed by atoms with Crippen LogP contribution in [0.3, 0.4) is 0 Å². The summed E-state index contributed by atoms with van der Waals surface area (Å²) in [5.74, 6) is 0. The van der Waals surface area contributed by atoms with Gasteiger partial charge in [-0.15, -0.1) is 0 Å². The summed E-state index contributed by atoms with van der Waals surface area (Å²) in [7, 11) is -2.16. The molecule has 68 valence electrons. The molecule has 0 heterocycles. The summed E-state index contributed by atoms with van der Waals surface area (Å²) in [5.41, 5.74) is 0. The van der Waals surface area contributed by atoms with Crippen LogP contribution >= 0.6 is 8.60 Å². The minimum absolute atomic E-state index is 0.0253. The summed E-state index contributed by atoms with van der Waals surface area (Å²) >= 11 is 0. The van der Waals surface area contributed by atoms with Crippen LogP contribution in [0, 0.1) is 0 Å². The van der Waals surface area contributed by atoms with Crippen molar-refractivity contribution in [1.82, 2.24) is 0 Å². The van der Waals surface area contributed by atoms with Gasteiger partial charge in [0, 0.05) is 0 Å². The van der Waals surface area contributed by atoms with Crippen LogP contribution in [0.25, 0.3) is 0 Å². The van der Waals surface area contributed by atoms with Crippen molar-refractivity contribution in [2.45, 2.75) is 45.6 Å². The molecule has 0 fully saturated rings. The highest BCUT2D eigenvalue weighted by molar-refractivity contribution is 7.39. The molecule has 0 aromatic heterocycles. The van der Waals surface area contributed by atoms with Gasteiger partial charge in [0.1, 0.15) is 0 Å². The van der Waals surface area contributed by atoms with E-state index in [2.05, 4.69) is 6.92 Å². The van der Waals surface area contributed by atoms with Crippen molar-refractivity contribution < 1.29 is 14.3 Å². The van der Waals surface area contributed by atoms with Crippen LogP contribution in [0.4, 0.5) is 0 Å². The molecule has 0 amide bonds. The van der Waals surface area contributed by atoms with Crippen LogP contribution in [0.1, 0.15) is 39.5 Å². The van der Waals surface area contributed by atoms with Gasteiger partial charge in [0.25, 0.3) is 0 Å². The van der Waals surface area contributed by atoms with Crippen molar-refractivity contribution in [3.8, 4) is 0 Å². The Morgan fingerprint density at radius 1 is 1.36 bits per heavy atom. The summed E-state index contributed by atoms with van der Waals surface area (Å²) in [4.78, 5) is 17.0. The fraction of sp³-hybridized carbons (Fsp3) is 1.00. The molecule has 0 bridgehead atoms. The molecule has 0 aliphatic carbocycles. The largest absolute Gasteiger partial charge is 0.328 e. The van der Waals surface area contributed by atoms with Gasteiger partial charge >= 0.3 is 8.60 Å². The van der Waals surface area contributed by atoms with Gasteiger partial charge in [0.05, 0.1) is 6.10 Å². The molecule has 0 aromatic carbocycles. The van der Waals surface area contributed by atoms with Gasteiger partial charge < -0.3 is 14.3 Å². The maximum Gasteiger partial charge on any atom is 0.327 e. The van der Waals surface area contributed by atoms with E-state index >= 15 is 0 Å². The second-order valence-corrected chi connectivity index (χ2v) is 3.38. The molecule has 3 nitrogen and oxygen atoms in total. The lowest BCUT2D eigenvalue weighted by Crippen LogP contribution is -2.03. The topological polar surface area (TPSA) is 49.7 Å². The Morgan fingerprint density at radius 2 is 2.00 bits per heavy atom. The van der Waals surface area contributed by atoms with Gasteiger partial charge in [-0.3, -0.25) is 0 Å². The van der Waals surface area contributed by atoms with Gasteiger partial charge in [-0.1, -0.05) is 26.2 Å². The van der Waals surface area contributed by atoms with E-state index in [4.69, 9.17) is 14.3 Å². The van der Waals surface area contributed by atoms with E-state index in [0.717, 1.165) is 12.8 Å². The van der Waals surface area contributed by atoms with E-state index in [9.17, 15) is 0 Å². The second-order valence-electron chi connectivity index (χ2n) is 2.66. The second kappa shape index (κ2) is 6.99. The Balaban J connectivity index is 3.15. The first-order valence-corrected chi connectivity index (χ1v) is 5.18. The van der Waals surface area contributed by atoms with E-state index < -0.39 is 8.60 Å². The Kier molecular flexibility index (Phi) is 7.18. The fourth-order valence-corrected chi connectivity index (χ4v) is 1.32. The highest BCUT2D eigenvalue weighted by Gasteiger charge is 2.06. The zero-order valence-electron chi connectivity index (χ0n) is 7.16. The predicted molar refractivity (Wildman–Crippen MR) is 46.0 cm³/mol. The smallest absolute Gasteiger partial charge is 0.327 e. The van der Waals surface area contributed by atoms with Gasteiger partial charge in [0.15, 0.2) is 0 Å². The average molecular weight is 180 g/mol. The van der Waals surface area contributed by atoms with E-state index in [1.54, 1.807) is 0 Å². The molecular weight excluding hydrogens is 163 g/mol. The number of hydrogen-bond acceptors (Lipinski definition) is 3. The van der Waals surface area contributed by atoms with Crippen LogP contribution < -0.4 is 0 Å². The lowest BCUT2D eigenvalue weighted by molar-refractivity contribution is 0.175. The van der Waals surface area contributed by atoms with Crippen molar-refractivity contribution in [2.75, 3.05) is 0 Å². The van der Waals surface area contributed by atoms with Crippen LogP contribution in [0.2, 0.25) is 0 Å². The summed E-state index contributed by atoms with van der Waals surface area (Å²) in [5, 5.41) is 0. The molecule has 0 spiro atoms. The third kappa shape index (κ3) is 8.21. The van der Waals surface area contributed by atoms with Gasteiger partial charge in [0.2, 0.25) is 0 Å². The van der Waals surface area contributed by atoms with Crippen LogP contribution in [0.15, 0.2) is 0 Å². The summed E-state index contributed by atoms with van der Waals surface area (Å²) in [6.45, 7) is 3.99. The molecule has 0 saturated heterocycles. The first-order chi connectivity index (χ1) is 5.16. The Morgan fingerprint density at radius 3 is 2.45 bits per heavy atom. The molecule has 1 unspecified atom stereocenters. The minimum Gasteiger partial charge on any atom is -0.328 e. The average Bonchev–Trinajstić information content (AvgIpc) is 1.86. The summed E-state index contributed by atoms with van der Waals surface area (Å²) in [6, 6.07) is 0. The van der Waals surface area contributed by atoms with Crippen LogP contribution in [-0.4, -0.2) is 15.9 Å². The molecule has 0 aliphatic rings. The van der Waals surface area contributed by atoms with Gasteiger partial charge in [-0.25, -0.2) is 0 Å². The number of hydrogen-bond donors (Lipinski definition) is 2. The molecule has 0 aliphatic heterocycles. The van der Waals surface area contributed by atoms with Crippen LogP contribution in [0.5, 0.6) is 0 Å². The Labute approximate surface area is 69.4 Å². The quantitative estimate of drug-likeness (QED) is 0.486. The molecule has 11 heavy (non-hydrogen) atoms. The Bertz CT molecular complexity index is 87.8. The molecule has 0 saturated carbocycles.